The molecule has 4 nitrogen and oxygen atoms in total. The van der Waals surface area contributed by atoms with Gasteiger partial charge in [-0.1, -0.05) is 47.7 Å². The lowest BCUT2D eigenvalue weighted by Crippen LogP contribution is -2.27. The van der Waals surface area contributed by atoms with Crippen LogP contribution in [0.4, 0.5) is 14.5 Å². The Balaban J connectivity index is 1.90. The SMILES string of the molecule is CCOc1cc(/C=C2/SC(=S)N(c3cccc(Cl)c3)C2=O)ccc1OC(F)F. The van der Waals surface area contributed by atoms with Gasteiger partial charge in [-0.25, -0.2) is 0 Å². The summed E-state index contributed by atoms with van der Waals surface area (Å²) in [7, 11) is 0. The van der Waals surface area contributed by atoms with Gasteiger partial charge in [0, 0.05) is 5.02 Å². The largest absolute Gasteiger partial charge is 0.490 e. The highest BCUT2D eigenvalue weighted by Crippen LogP contribution is 2.38. The molecule has 1 aliphatic heterocycles. The predicted octanol–water partition coefficient (Wildman–Crippen LogP) is 5.75. The molecule has 1 heterocycles. The summed E-state index contributed by atoms with van der Waals surface area (Å²) < 4.78 is 35.3. The van der Waals surface area contributed by atoms with E-state index in [0.29, 0.717) is 25.5 Å². The fourth-order valence-electron chi connectivity index (χ4n) is 2.53. The van der Waals surface area contributed by atoms with Crippen molar-refractivity contribution in [1.29, 1.82) is 0 Å². The second kappa shape index (κ2) is 8.89. The third kappa shape index (κ3) is 4.63. The number of carbonyl (C=O) groups excluding carboxylic acids is 1. The van der Waals surface area contributed by atoms with Crippen molar-refractivity contribution in [2.24, 2.45) is 0 Å². The van der Waals surface area contributed by atoms with Gasteiger partial charge in [0.15, 0.2) is 15.8 Å². The Kier molecular flexibility index (Phi) is 6.53. The number of thioether (sulfide) groups is 1. The summed E-state index contributed by atoms with van der Waals surface area (Å²) in [5.74, 6) is -0.189. The molecule has 3 rings (SSSR count). The van der Waals surface area contributed by atoms with E-state index in [1.54, 1.807) is 43.3 Å². The Bertz CT molecular complexity index is 953. The summed E-state index contributed by atoms with van der Waals surface area (Å²) >= 11 is 12.5. The van der Waals surface area contributed by atoms with Crippen LogP contribution >= 0.6 is 35.6 Å². The molecule has 9 heteroatoms. The standard InChI is InChI=1S/C19H14ClF2NO3S2/c1-2-25-15-8-11(6-7-14(15)26-18(21)22)9-16-17(24)23(19(27)28-16)13-5-3-4-12(20)10-13/h3-10,18H,2H2,1H3/b16-9+. The Morgan fingerprint density at radius 1 is 1.25 bits per heavy atom. The van der Waals surface area contributed by atoms with Gasteiger partial charge in [0.2, 0.25) is 0 Å². The van der Waals surface area contributed by atoms with E-state index in [2.05, 4.69) is 4.74 Å². The summed E-state index contributed by atoms with van der Waals surface area (Å²) in [4.78, 5) is 14.6. The minimum absolute atomic E-state index is 0.0690. The predicted molar refractivity (Wildman–Crippen MR) is 111 cm³/mol. The van der Waals surface area contributed by atoms with Gasteiger partial charge in [0.05, 0.1) is 17.2 Å². The number of nitrogens with zero attached hydrogens (tertiary/aromatic N) is 1. The van der Waals surface area contributed by atoms with Gasteiger partial charge in [-0.2, -0.15) is 8.78 Å². The molecular formula is C19H14ClF2NO3S2. The number of anilines is 1. The minimum atomic E-state index is -2.96. The molecule has 0 unspecified atom stereocenters. The van der Waals surface area contributed by atoms with Crippen molar-refractivity contribution >= 4 is 57.6 Å². The van der Waals surface area contributed by atoms with E-state index in [4.69, 9.17) is 28.6 Å². The highest BCUT2D eigenvalue weighted by atomic mass is 35.5. The topological polar surface area (TPSA) is 38.8 Å². The van der Waals surface area contributed by atoms with Gasteiger partial charge in [-0.15, -0.1) is 0 Å². The van der Waals surface area contributed by atoms with E-state index in [1.165, 1.54) is 17.0 Å². The number of rotatable bonds is 6. The first-order valence-electron chi connectivity index (χ1n) is 8.14. The van der Waals surface area contributed by atoms with Gasteiger partial charge in [-0.05, 0) is 48.9 Å². The average molecular weight is 442 g/mol. The average Bonchev–Trinajstić information content (AvgIpc) is 2.90. The first-order valence-corrected chi connectivity index (χ1v) is 9.74. The van der Waals surface area contributed by atoms with Crippen LogP contribution in [-0.2, 0) is 4.79 Å². The van der Waals surface area contributed by atoms with Crippen molar-refractivity contribution in [3.63, 3.8) is 0 Å². The van der Waals surface area contributed by atoms with Crippen LogP contribution in [0.5, 0.6) is 11.5 Å². The molecular weight excluding hydrogens is 428 g/mol. The Labute approximate surface area is 175 Å². The summed E-state index contributed by atoms with van der Waals surface area (Å²) in [5, 5.41) is 0.492. The van der Waals surface area contributed by atoms with Crippen molar-refractivity contribution < 1.29 is 23.0 Å². The quantitative estimate of drug-likeness (QED) is 0.422. The maximum absolute atomic E-state index is 12.8. The lowest BCUT2D eigenvalue weighted by Gasteiger charge is -2.14. The van der Waals surface area contributed by atoms with Crippen LogP contribution in [-0.4, -0.2) is 23.4 Å². The molecule has 0 spiro atoms. The summed E-state index contributed by atoms with van der Waals surface area (Å²) in [6, 6.07) is 11.3. The molecule has 0 atom stereocenters. The molecule has 2 aromatic rings. The van der Waals surface area contributed by atoms with Gasteiger partial charge < -0.3 is 9.47 Å². The maximum atomic E-state index is 12.8. The lowest BCUT2D eigenvalue weighted by atomic mass is 10.2. The molecule has 2 aromatic carbocycles. The van der Waals surface area contributed by atoms with Gasteiger partial charge in [0.25, 0.3) is 5.91 Å². The van der Waals surface area contributed by atoms with Crippen molar-refractivity contribution in [3.05, 3.63) is 58.0 Å². The maximum Gasteiger partial charge on any atom is 0.387 e. The number of amides is 1. The molecule has 0 aromatic heterocycles. The summed E-state index contributed by atoms with van der Waals surface area (Å²) in [6.45, 7) is -0.950. The second-order valence-electron chi connectivity index (χ2n) is 5.51. The monoisotopic (exact) mass is 441 g/mol. The number of hydrogen-bond acceptors (Lipinski definition) is 5. The zero-order chi connectivity index (χ0) is 20.3. The number of benzene rings is 2. The summed E-state index contributed by atoms with van der Waals surface area (Å²) in [6.07, 6.45) is 1.62. The van der Waals surface area contributed by atoms with E-state index in [9.17, 15) is 13.6 Å². The van der Waals surface area contributed by atoms with Gasteiger partial charge in [0.1, 0.15) is 0 Å². The van der Waals surface area contributed by atoms with E-state index < -0.39 is 6.61 Å². The first kappa shape index (κ1) is 20.6. The molecule has 1 aliphatic rings. The Morgan fingerprint density at radius 2 is 2.04 bits per heavy atom. The summed E-state index contributed by atoms with van der Waals surface area (Å²) in [5.41, 5.74) is 1.17. The first-order chi connectivity index (χ1) is 13.4. The van der Waals surface area contributed by atoms with Gasteiger partial charge in [-0.3, -0.25) is 9.69 Å². The Morgan fingerprint density at radius 3 is 2.71 bits per heavy atom. The van der Waals surface area contributed by atoms with Crippen molar-refractivity contribution in [1.82, 2.24) is 0 Å². The van der Waals surface area contributed by atoms with Crippen molar-refractivity contribution in [2.45, 2.75) is 13.5 Å². The lowest BCUT2D eigenvalue weighted by molar-refractivity contribution is -0.113. The zero-order valence-electron chi connectivity index (χ0n) is 14.5. The van der Waals surface area contributed by atoms with Crippen LogP contribution in [0.25, 0.3) is 6.08 Å². The third-order valence-corrected chi connectivity index (χ3v) is 5.18. The smallest absolute Gasteiger partial charge is 0.387 e. The van der Waals surface area contributed by atoms with Gasteiger partial charge >= 0.3 is 6.61 Å². The number of halogens is 3. The number of alkyl halides is 2. The highest BCUT2D eigenvalue weighted by molar-refractivity contribution is 8.27. The zero-order valence-corrected chi connectivity index (χ0v) is 16.9. The van der Waals surface area contributed by atoms with E-state index in [-0.39, 0.29) is 24.0 Å². The molecule has 0 radical (unpaired) electrons. The fourth-order valence-corrected chi connectivity index (χ4v) is 4.02. The minimum Gasteiger partial charge on any atom is -0.490 e. The molecule has 1 amide bonds. The van der Waals surface area contributed by atoms with Crippen LogP contribution in [0, 0.1) is 0 Å². The van der Waals surface area contributed by atoms with Crippen LogP contribution in [0.1, 0.15) is 12.5 Å². The number of hydrogen-bond donors (Lipinski definition) is 0. The molecule has 146 valence electrons. The number of thiocarbonyl (C=S) groups is 1. The van der Waals surface area contributed by atoms with E-state index >= 15 is 0 Å². The second-order valence-corrected chi connectivity index (χ2v) is 7.63. The number of carbonyl (C=O) groups is 1. The van der Waals surface area contributed by atoms with E-state index in [0.717, 1.165) is 11.8 Å². The van der Waals surface area contributed by atoms with Crippen LogP contribution in [0.2, 0.25) is 5.02 Å². The molecule has 1 fully saturated rings. The van der Waals surface area contributed by atoms with Crippen LogP contribution in [0.3, 0.4) is 0 Å². The third-order valence-electron chi connectivity index (χ3n) is 3.64. The molecule has 0 saturated carbocycles. The molecule has 28 heavy (non-hydrogen) atoms. The van der Waals surface area contributed by atoms with E-state index in [1.807, 2.05) is 0 Å². The molecule has 0 N–H and O–H groups in total. The van der Waals surface area contributed by atoms with Crippen molar-refractivity contribution in [2.75, 3.05) is 11.5 Å². The number of ether oxygens (including phenoxy) is 2. The normalized spacial score (nSPS) is 15.6. The molecule has 0 bridgehead atoms. The van der Waals surface area contributed by atoms with Crippen LogP contribution < -0.4 is 14.4 Å². The molecule has 1 saturated heterocycles. The highest BCUT2D eigenvalue weighted by Gasteiger charge is 2.33. The van der Waals surface area contributed by atoms with Crippen molar-refractivity contribution in [3.8, 4) is 11.5 Å². The van der Waals surface area contributed by atoms with Crippen LogP contribution in [0.15, 0.2) is 47.4 Å². The molecule has 0 aliphatic carbocycles. The Hall–Kier alpha value is -2.16. The fraction of sp³-hybridized carbons (Fsp3) is 0.158.